The first-order valence-corrected chi connectivity index (χ1v) is 11.2. The summed E-state index contributed by atoms with van der Waals surface area (Å²) in [6.07, 6.45) is 3.39. The summed E-state index contributed by atoms with van der Waals surface area (Å²) in [5, 5.41) is 2.11. The molecule has 1 saturated heterocycles. The first kappa shape index (κ1) is 26.7. The smallest absolute Gasteiger partial charge is 0.0701 e. The number of rotatable bonds is 20. The van der Waals surface area contributed by atoms with Crippen molar-refractivity contribution in [1.82, 2.24) is 16.0 Å². The molecule has 0 saturated carbocycles. The van der Waals surface area contributed by atoms with Crippen LogP contribution in [0.1, 0.15) is 47.0 Å². The van der Waals surface area contributed by atoms with Crippen LogP contribution in [0.4, 0.5) is 0 Å². The molecule has 1 rings (SSSR count). The highest BCUT2D eigenvalue weighted by Crippen LogP contribution is 2.19. The van der Waals surface area contributed by atoms with Gasteiger partial charge in [-0.1, -0.05) is 34.1 Å². The zero-order valence-corrected chi connectivity index (χ0v) is 19.2. The van der Waals surface area contributed by atoms with Crippen LogP contribution in [0, 0.1) is 5.41 Å². The summed E-state index contributed by atoms with van der Waals surface area (Å²) >= 11 is 0. The zero-order valence-electron chi connectivity index (χ0n) is 19.2. The lowest BCUT2D eigenvalue weighted by atomic mass is 9.92. The van der Waals surface area contributed by atoms with Gasteiger partial charge in [0.2, 0.25) is 0 Å². The Labute approximate surface area is 177 Å². The summed E-state index contributed by atoms with van der Waals surface area (Å²) in [4.78, 5) is 0. The van der Waals surface area contributed by atoms with Gasteiger partial charge in [-0.2, -0.15) is 5.53 Å². The van der Waals surface area contributed by atoms with Gasteiger partial charge in [0.15, 0.2) is 0 Å². The molecule has 0 aliphatic carbocycles. The zero-order chi connectivity index (χ0) is 21.2. The van der Waals surface area contributed by atoms with E-state index in [9.17, 15) is 0 Å². The summed E-state index contributed by atoms with van der Waals surface area (Å²) in [5.41, 5.74) is 6.64. The Balaban J connectivity index is 1.83. The highest BCUT2D eigenvalue weighted by molar-refractivity contribution is 4.73. The van der Waals surface area contributed by atoms with Gasteiger partial charge in [-0.25, -0.2) is 10.4 Å². The van der Waals surface area contributed by atoms with Crippen molar-refractivity contribution in [2.24, 2.45) is 5.41 Å². The van der Waals surface area contributed by atoms with E-state index in [2.05, 4.69) is 43.7 Å². The molecule has 0 spiro atoms. The Kier molecular flexibility index (Phi) is 16.0. The first-order chi connectivity index (χ1) is 14.1. The van der Waals surface area contributed by atoms with Gasteiger partial charge < -0.3 is 23.7 Å². The molecular weight excluding hydrogens is 374 g/mol. The molecule has 1 unspecified atom stereocenters. The molecule has 29 heavy (non-hydrogen) atoms. The van der Waals surface area contributed by atoms with Crippen LogP contribution in [0.3, 0.4) is 0 Å². The second kappa shape index (κ2) is 17.4. The predicted octanol–water partition coefficient (Wildman–Crippen LogP) is 2.00. The number of nitrogens with zero attached hydrogens (tertiary/aromatic N) is 1. The normalized spacial score (nSPS) is 18.0. The molecular formula is C21H45N3O5. The molecule has 0 aromatic heterocycles. The van der Waals surface area contributed by atoms with E-state index < -0.39 is 0 Å². The molecule has 174 valence electrons. The lowest BCUT2D eigenvalue weighted by Crippen LogP contribution is -2.39. The van der Waals surface area contributed by atoms with E-state index in [0.717, 1.165) is 45.6 Å². The molecule has 1 aliphatic rings. The minimum atomic E-state index is 0.245. The fourth-order valence-electron chi connectivity index (χ4n) is 2.54. The summed E-state index contributed by atoms with van der Waals surface area (Å²) < 4.78 is 28.0. The molecule has 8 nitrogen and oxygen atoms in total. The van der Waals surface area contributed by atoms with Crippen molar-refractivity contribution >= 4 is 0 Å². The Morgan fingerprint density at radius 3 is 2.14 bits per heavy atom. The SMILES string of the molecule is CCCCOCCOCC1CN(CCOCCOCCOCC(C)(C)CC)NN1. The molecule has 1 heterocycles. The monoisotopic (exact) mass is 419 g/mol. The molecule has 8 heteroatoms. The molecule has 1 fully saturated rings. The topological polar surface area (TPSA) is 73.5 Å². The van der Waals surface area contributed by atoms with Crippen LogP contribution >= 0.6 is 0 Å². The summed E-state index contributed by atoms with van der Waals surface area (Å²) in [6.45, 7) is 17.2. The molecule has 0 amide bonds. The van der Waals surface area contributed by atoms with Crippen molar-refractivity contribution in [1.29, 1.82) is 0 Å². The van der Waals surface area contributed by atoms with Gasteiger partial charge >= 0.3 is 0 Å². The number of ether oxygens (including phenoxy) is 5. The van der Waals surface area contributed by atoms with Gasteiger partial charge in [0.25, 0.3) is 0 Å². The predicted molar refractivity (Wildman–Crippen MR) is 115 cm³/mol. The maximum absolute atomic E-state index is 5.66. The largest absolute Gasteiger partial charge is 0.379 e. The van der Waals surface area contributed by atoms with Crippen molar-refractivity contribution in [3.8, 4) is 0 Å². The lowest BCUT2D eigenvalue weighted by Gasteiger charge is -2.22. The van der Waals surface area contributed by atoms with Gasteiger partial charge in [-0.05, 0) is 18.3 Å². The van der Waals surface area contributed by atoms with E-state index >= 15 is 0 Å². The third-order valence-corrected chi connectivity index (χ3v) is 4.90. The number of hydrogen-bond donors (Lipinski definition) is 2. The Hall–Kier alpha value is -0.320. The first-order valence-electron chi connectivity index (χ1n) is 11.2. The number of hydrazine groups is 2. The van der Waals surface area contributed by atoms with Gasteiger partial charge in [-0.3, -0.25) is 0 Å². The molecule has 0 radical (unpaired) electrons. The molecule has 1 aliphatic heterocycles. The fraction of sp³-hybridized carbons (Fsp3) is 1.00. The van der Waals surface area contributed by atoms with Gasteiger partial charge in [0.05, 0.1) is 65.5 Å². The second-order valence-corrected chi connectivity index (χ2v) is 8.24. The summed E-state index contributed by atoms with van der Waals surface area (Å²) in [7, 11) is 0. The number of unbranched alkanes of at least 4 members (excludes halogenated alkanes) is 1. The third kappa shape index (κ3) is 15.2. The molecule has 0 aromatic carbocycles. The van der Waals surface area contributed by atoms with Crippen LogP contribution in [0.25, 0.3) is 0 Å². The maximum Gasteiger partial charge on any atom is 0.0701 e. The summed E-state index contributed by atoms with van der Waals surface area (Å²) in [5.74, 6) is 0. The van der Waals surface area contributed by atoms with Gasteiger partial charge in [0.1, 0.15) is 0 Å². The standard InChI is InChI=1S/C21H45N3O5/c1-5-7-9-25-13-15-28-18-20-17-24(23-22-20)8-10-26-11-12-27-14-16-29-19-21(3,4)6-2/h20,22-23H,5-19H2,1-4H3. The average molecular weight is 420 g/mol. The minimum absolute atomic E-state index is 0.245. The second-order valence-electron chi connectivity index (χ2n) is 8.24. The molecule has 1 atom stereocenters. The van der Waals surface area contributed by atoms with Crippen LogP contribution in [0.15, 0.2) is 0 Å². The van der Waals surface area contributed by atoms with Gasteiger partial charge in [0, 0.05) is 19.7 Å². The van der Waals surface area contributed by atoms with E-state index in [1.807, 2.05) is 0 Å². The van der Waals surface area contributed by atoms with Crippen molar-refractivity contribution in [2.75, 3.05) is 79.2 Å². The van der Waals surface area contributed by atoms with E-state index in [0.29, 0.717) is 52.9 Å². The van der Waals surface area contributed by atoms with E-state index in [4.69, 9.17) is 23.7 Å². The average Bonchev–Trinajstić information content (AvgIpc) is 3.16. The quantitative estimate of drug-likeness (QED) is 0.290. The molecule has 0 aromatic rings. The van der Waals surface area contributed by atoms with E-state index in [1.165, 1.54) is 0 Å². The van der Waals surface area contributed by atoms with E-state index in [1.54, 1.807) is 0 Å². The number of hydrogen-bond acceptors (Lipinski definition) is 8. The number of nitrogens with one attached hydrogen (secondary N) is 2. The Bertz CT molecular complexity index is 374. The molecule has 0 bridgehead atoms. The summed E-state index contributed by atoms with van der Waals surface area (Å²) in [6, 6.07) is 0.284. The highest BCUT2D eigenvalue weighted by Gasteiger charge is 2.21. The lowest BCUT2D eigenvalue weighted by molar-refractivity contribution is -0.00694. The third-order valence-electron chi connectivity index (χ3n) is 4.90. The Morgan fingerprint density at radius 1 is 0.828 bits per heavy atom. The van der Waals surface area contributed by atoms with Crippen molar-refractivity contribution in [3.63, 3.8) is 0 Å². The van der Waals surface area contributed by atoms with Crippen LogP contribution in [0.2, 0.25) is 0 Å². The Morgan fingerprint density at radius 2 is 1.45 bits per heavy atom. The van der Waals surface area contributed by atoms with Crippen LogP contribution in [-0.4, -0.2) is 90.2 Å². The fourth-order valence-corrected chi connectivity index (χ4v) is 2.54. The van der Waals surface area contributed by atoms with Crippen LogP contribution in [0.5, 0.6) is 0 Å². The van der Waals surface area contributed by atoms with Crippen LogP contribution < -0.4 is 11.0 Å². The van der Waals surface area contributed by atoms with E-state index in [-0.39, 0.29) is 11.5 Å². The molecule has 2 N–H and O–H groups in total. The van der Waals surface area contributed by atoms with Gasteiger partial charge in [-0.15, -0.1) is 0 Å². The van der Waals surface area contributed by atoms with Crippen LogP contribution in [-0.2, 0) is 23.7 Å². The minimum Gasteiger partial charge on any atom is -0.379 e. The highest BCUT2D eigenvalue weighted by atomic mass is 16.5. The maximum atomic E-state index is 5.66. The van der Waals surface area contributed by atoms with Crippen molar-refractivity contribution < 1.29 is 23.7 Å². The van der Waals surface area contributed by atoms with Crippen molar-refractivity contribution in [3.05, 3.63) is 0 Å². The van der Waals surface area contributed by atoms with Crippen molar-refractivity contribution in [2.45, 2.75) is 53.0 Å².